The Morgan fingerprint density at radius 2 is 2.36 bits per heavy atom. The molecule has 1 heterocycles. The molecule has 0 aromatic carbocycles. The summed E-state index contributed by atoms with van der Waals surface area (Å²) in [4.78, 5) is 20.3. The summed E-state index contributed by atoms with van der Waals surface area (Å²) in [5, 5.41) is 11.4. The van der Waals surface area contributed by atoms with Gasteiger partial charge in [0.2, 0.25) is 0 Å². The fourth-order valence-electron chi connectivity index (χ4n) is 1.12. The van der Waals surface area contributed by atoms with Crippen LogP contribution in [0.15, 0.2) is 0 Å². The maximum atomic E-state index is 10.5. The molecule has 1 saturated heterocycles. The van der Waals surface area contributed by atoms with Gasteiger partial charge in [0.25, 0.3) is 6.47 Å². The SMILES string of the molecule is O=COC1CNCC1C(=O)O. The van der Waals surface area contributed by atoms with E-state index in [1.807, 2.05) is 0 Å². The number of carboxylic acids is 1. The molecule has 5 heteroatoms. The molecule has 0 spiro atoms. The van der Waals surface area contributed by atoms with Crippen molar-refractivity contribution in [3.05, 3.63) is 0 Å². The molecule has 1 aliphatic rings. The van der Waals surface area contributed by atoms with E-state index >= 15 is 0 Å². The van der Waals surface area contributed by atoms with Gasteiger partial charge in [-0.3, -0.25) is 9.59 Å². The number of hydrogen-bond donors (Lipinski definition) is 2. The number of nitrogens with one attached hydrogen (secondary N) is 1. The number of ether oxygens (including phenoxy) is 1. The van der Waals surface area contributed by atoms with Gasteiger partial charge in [0, 0.05) is 13.1 Å². The molecule has 0 radical (unpaired) electrons. The Bertz CT molecular complexity index is 170. The highest BCUT2D eigenvalue weighted by Crippen LogP contribution is 2.11. The van der Waals surface area contributed by atoms with E-state index in [2.05, 4.69) is 10.1 Å². The van der Waals surface area contributed by atoms with Gasteiger partial charge in [0.1, 0.15) is 12.0 Å². The van der Waals surface area contributed by atoms with Crippen LogP contribution in [0.5, 0.6) is 0 Å². The van der Waals surface area contributed by atoms with Gasteiger partial charge >= 0.3 is 5.97 Å². The van der Waals surface area contributed by atoms with Gasteiger partial charge in [0.05, 0.1) is 0 Å². The van der Waals surface area contributed by atoms with E-state index in [1.54, 1.807) is 0 Å². The zero-order chi connectivity index (χ0) is 8.27. The highest BCUT2D eigenvalue weighted by molar-refractivity contribution is 5.71. The Morgan fingerprint density at radius 1 is 1.64 bits per heavy atom. The third-order valence-electron chi connectivity index (χ3n) is 1.71. The van der Waals surface area contributed by atoms with Gasteiger partial charge in [-0.05, 0) is 0 Å². The molecule has 62 valence electrons. The van der Waals surface area contributed by atoms with Gasteiger partial charge in [-0.1, -0.05) is 0 Å². The summed E-state index contributed by atoms with van der Waals surface area (Å²) >= 11 is 0. The van der Waals surface area contributed by atoms with Crippen LogP contribution < -0.4 is 5.32 Å². The Labute approximate surface area is 63.3 Å². The van der Waals surface area contributed by atoms with E-state index < -0.39 is 18.0 Å². The van der Waals surface area contributed by atoms with E-state index in [-0.39, 0.29) is 6.47 Å². The van der Waals surface area contributed by atoms with Crippen molar-refractivity contribution in [2.45, 2.75) is 6.10 Å². The largest absolute Gasteiger partial charge is 0.481 e. The van der Waals surface area contributed by atoms with Crippen LogP contribution in [0.1, 0.15) is 0 Å². The van der Waals surface area contributed by atoms with Crippen molar-refractivity contribution in [2.75, 3.05) is 13.1 Å². The normalized spacial score (nSPS) is 29.8. The molecule has 0 aromatic heterocycles. The first-order chi connectivity index (χ1) is 5.25. The molecular formula is C6H9NO4. The first-order valence-corrected chi connectivity index (χ1v) is 3.28. The minimum absolute atomic E-state index is 0.285. The second kappa shape index (κ2) is 3.34. The predicted octanol–water partition coefficient (Wildman–Crippen LogP) is -1.17. The summed E-state index contributed by atoms with van der Waals surface area (Å²) in [6.07, 6.45) is -0.509. The minimum atomic E-state index is -0.929. The highest BCUT2D eigenvalue weighted by Gasteiger charge is 2.34. The molecule has 1 fully saturated rings. The molecule has 11 heavy (non-hydrogen) atoms. The lowest BCUT2D eigenvalue weighted by molar-refractivity contribution is -0.148. The average Bonchev–Trinajstić information content (AvgIpc) is 2.36. The summed E-state index contributed by atoms with van der Waals surface area (Å²) in [6, 6.07) is 0. The lowest BCUT2D eigenvalue weighted by atomic mass is 10.1. The van der Waals surface area contributed by atoms with Crippen molar-refractivity contribution in [1.29, 1.82) is 0 Å². The monoisotopic (exact) mass is 159 g/mol. The van der Waals surface area contributed by atoms with Crippen LogP contribution in [-0.4, -0.2) is 36.7 Å². The lowest BCUT2D eigenvalue weighted by Gasteiger charge is -2.11. The molecule has 0 bridgehead atoms. The third-order valence-corrected chi connectivity index (χ3v) is 1.71. The summed E-state index contributed by atoms with van der Waals surface area (Å²) in [6.45, 7) is 1.08. The Morgan fingerprint density at radius 3 is 2.91 bits per heavy atom. The quantitative estimate of drug-likeness (QED) is 0.507. The maximum absolute atomic E-state index is 10.5. The molecule has 0 aromatic rings. The number of carbonyl (C=O) groups excluding carboxylic acids is 1. The standard InChI is InChI=1S/C6H9NO4/c8-3-11-5-2-7-1-4(5)6(9)10/h3-5,7H,1-2H2,(H,9,10). The van der Waals surface area contributed by atoms with Gasteiger partial charge in [-0.15, -0.1) is 0 Å². The molecule has 0 amide bonds. The van der Waals surface area contributed by atoms with E-state index in [4.69, 9.17) is 5.11 Å². The first-order valence-electron chi connectivity index (χ1n) is 3.28. The van der Waals surface area contributed by atoms with Gasteiger partial charge < -0.3 is 15.2 Å². The van der Waals surface area contributed by atoms with Crippen LogP contribution in [-0.2, 0) is 14.3 Å². The second-order valence-corrected chi connectivity index (χ2v) is 2.37. The number of carboxylic acid groups (broad SMARTS) is 1. The van der Waals surface area contributed by atoms with Crippen molar-refractivity contribution < 1.29 is 19.4 Å². The Hall–Kier alpha value is -1.10. The maximum Gasteiger partial charge on any atom is 0.311 e. The topological polar surface area (TPSA) is 75.6 Å². The Kier molecular flexibility index (Phi) is 2.43. The predicted molar refractivity (Wildman–Crippen MR) is 34.9 cm³/mol. The molecule has 1 aliphatic heterocycles. The summed E-state index contributed by atoms with van der Waals surface area (Å²) in [5.74, 6) is -1.53. The summed E-state index contributed by atoms with van der Waals surface area (Å²) < 4.78 is 4.55. The van der Waals surface area contributed by atoms with E-state index in [0.717, 1.165) is 0 Å². The van der Waals surface area contributed by atoms with Gasteiger partial charge in [0.15, 0.2) is 0 Å². The van der Waals surface area contributed by atoms with Crippen LogP contribution in [0.25, 0.3) is 0 Å². The third kappa shape index (κ3) is 1.68. The fourth-order valence-corrected chi connectivity index (χ4v) is 1.12. The molecule has 2 unspecified atom stereocenters. The van der Waals surface area contributed by atoms with Crippen molar-refractivity contribution in [2.24, 2.45) is 5.92 Å². The van der Waals surface area contributed by atoms with E-state index in [0.29, 0.717) is 13.1 Å². The zero-order valence-electron chi connectivity index (χ0n) is 5.82. The minimum Gasteiger partial charge on any atom is -0.481 e. The number of hydrogen-bond acceptors (Lipinski definition) is 4. The zero-order valence-corrected chi connectivity index (χ0v) is 5.82. The fraction of sp³-hybridized carbons (Fsp3) is 0.667. The van der Waals surface area contributed by atoms with Crippen LogP contribution in [0.3, 0.4) is 0 Å². The van der Waals surface area contributed by atoms with Crippen molar-refractivity contribution in [3.63, 3.8) is 0 Å². The van der Waals surface area contributed by atoms with Gasteiger partial charge in [-0.25, -0.2) is 0 Å². The van der Waals surface area contributed by atoms with Gasteiger partial charge in [-0.2, -0.15) is 0 Å². The number of rotatable bonds is 3. The van der Waals surface area contributed by atoms with Crippen LogP contribution in [0, 0.1) is 5.92 Å². The first kappa shape index (κ1) is 8.00. The molecule has 1 rings (SSSR count). The molecule has 0 saturated carbocycles. The molecule has 0 aliphatic carbocycles. The highest BCUT2D eigenvalue weighted by atomic mass is 16.5. The van der Waals surface area contributed by atoms with E-state index in [9.17, 15) is 9.59 Å². The van der Waals surface area contributed by atoms with Crippen molar-refractivity contribution in [3.8, 4) is 0 Å². The lowest BCUT2D eigenvalue weighted by Crippen LogP contribution is -2.28. The molecule has 2 atom stereocenters. The average molecular weight is 159 g/mol. The van der Waals surface area contributed by atoms with Crippen molar-refractivity contribution in [1.82, 2.24) is 5.32 Å². The summed E-state index contributed by atoms with van der Waals surface area (Å²) in [7, 11) is 0. The molecule has 5 nitrogen and oxygen atoms in total. The number of carbonyl (C=O) groups is 2. The number of aliphatic carboxylic acids is 1. The van der Waals surface area contributed by atoms with Crippen LogP contribution in [0.2, 0.25) is 0 Å². The Balaban J connectivity index is 2.50. The molecular weight excluding hydrogens is 150 g/mol. The van der Waals surface area contributed by atoms with E-state index in [1.165, 1.54) is 0 Å². The van der Waals surface area contributed by atoms with Crippen LogP contribution in [0.4, 0.5) is 0 Å². The smallest absolute Gasteiger partial charge is 0.311 e. The summed E-state index contributed by atoms with van der Waals surface area (Å²) in [5.41, 5.74) is 0. The van der Waals surface area contributed by atoms with Crippen molar-refractivity contribution >= 4 is 12.4 Å². The molecule has 2 N–H and O–H groups in total. The van der Waals surface area contributed by atoms with Crippen LogP contribution >= 0.6 is 0 Å². The second-order valence-electron chi connectivity index (χ2n) is 2.37.